The molecule has 11 atom stereocenters. The van der Waals surface area contributed by atoms with Crippen molar-refractivity contribution in [3.63, 3.8) is 0 Å². The predicted octanol–water partition coefficient (Wildman–Crippen LogP) is 13.9. The molecule has 0 radical (unpaired) electrons. The minimum atomic E-state index is -1.24. The highest BCUT2D eigenvalue weighted by Gasteiger charge is 2.43. The molecule has 4 saturated heterocycles. The number of aryl methyl sites for hydroxylation is 3. The van der Waals surface area contributed by atoms with Crippen molar-refractivity contribution in [1.29, 1.82) is 5.41 Å². The molecule has 29 nitrogen and oxygen atoms in total. The van der Waals surface area contributed by atoms with Gasteiger partial charge in [0.05, 0.1) is 61.6 Å². The number of ether oxygens (including phenoxy) is 2. The second kappa shape index (κ2) is 65.0. The summed E-state index contributed by atoms with van der Waals surface area (Å²) in [6.07, 6.45) is 0.756. The number of hydrogen-bond acceptors (Lipinski definition) is 32. The number of aliphatic hydroxyl groups excluding tert-OH is 3. The van der Waals surface area contributed by atoms with Gasteiger partial charge in [-0.1, -0.05) is 36.4 Å². The summed E-state index contributed by atoms with van der Waals surface area (Å²) in [5, 5.41) is 58.7. The molecule has 4 fully saturated rings. The van der Waals surface area contributed by atoms with Gasteiger partial charge in [-0.05, 0) is 216 Å². The van der Waals surface area contributed by atoms with Gasteiger partial charge < -0.3 is 50.2 Å². The summed E-state index contributed by atoms with van der Waals surface area (Å²) in [6, 6.07) is 30.5. The standard InChI is InChI=1S/C27H26BrFN6O3.C16H22BrFN2O3.C16H16N4O3.C11H14BrFN2O.C10H16FNO3.C6H6BrN.S5.S4.S3.S2.H2S/c1-15(36)27-21-8-17(18-11-30-16(2)31-12-18)6-7-22(21)35(33-27)14-26(38)34-13-19(29)9-23(34)24(37)10-20-4-3-5-25(28)32-20;1-16(2,3)23-15(22)20-9-10(18)7-12(20)13(21)8-11-5-4-6-14(17)19-11;1-9(21)16(17)13-5-11(12-6-18-10(2)19-7-12)3-4-14(13)20-8-15(22)23;12-11-3-1-2-8(15-11)5-10(16)9-4-7(13)6-14-9;1-10(2,3)15-9(14)12-5-7(11)4-8(12)6-13;1-5-3-2-4-6(7)8-5;1-3-5-4-2;1-3-4-2;1-3-2;1-2;/h3-8,11-12,19,23-24,37H,9-10,13-14H2,1-2H3;4-6,10,12-13,21H,7-9H2,1-3H3;3-7,17,20H,8H2,1-2H3,(H,22,23);1-3,7,9-10,14,16H,4-6H2;6-8H,4-5H2,1-3H3;2-4H,1H3;;;;;1H2/t19-,23+,24?;10-,12+,13-;;7-,9+,10?;7-,8+;;;;;;/m11.11....../s1. The third kappa shape index (κ3) is 45.6. The number of carboxylic acid groups (broad SMARTS) is 1. The van der Waals surface area contributed by atoms with Crippen LogP contribution in [0, 0.1) is 26.2 Å². The Morgan fingerprint density at radius 1 is 0.572 bits per heavy atom. The fraction of sp³-hybridized carbons (Fsp3) is 0.430. The Labute approximate surface area is 895 Å². The van der Waals surface area contributed by atoms with Crippen LogP contribution in [0.15, 0.2) is 152 Å². The number of carbonyl (C=O) groups excluding carboxylic acids is 6. The topological polar surface area (TPSA) is 397 Å². The summed E-state index contributed by atoms with van der Waals surface area (Å²) in [5.74, 6) is -0.753. The average molecular weight is 2440 g/mol. The number of alkyl halides is 4. The monoisotopic (exact) mass is 2440 g/mol. The van der Waals surface area contributed by atoms with Crippen LogP contribution in [0.3, 0.4) is 0 Å². The number of aliphatic carboxylic acids is 1. The molecule has 11 heterocycles. The van der Waals surface area contributed by atoms with E-state index in [2.05, 4.69) is 209 Å². The first-order chi connectivity index (χ1) is 64.7. The zero-order chi connectivity index (χ0) is 103. The highest BCUT2D eigenvalue weighted by molar-refractivity contribution is 9.11. The summed E-state index contributed by atoms with van der Waals surface area (Å²) in [6.45, 7) is 18.3. The Balaban J connectivity index is 0.000000432. The van der Waals surface area contributed by atoms with Crippen LogP contribution in [0.4, 0.5) is 32.8 Å². The molecule has 0 saturated carbocycles. The van der Waals surface area contributed by atoms with Gasteiger partial charge in [0.2, 0.25) is 5.91 Å². The van der Waals surface area contributed by atoms with Gasteiger partial charge in [0, 0.05) is 283 Å². The van der Waals surface area contributed by atoms with Crippen LogP contribution in [0.2, 0.25) is 0 Å². The van der Waals surface area contributed by atoms with E-state index in [9.17, 15) is 66.4 Å². The molecule has 0 bridgehead atoms. The first-order valence-electron chi connectivity index (χ1n) is 41.0. The van der Waals surface area contributed by atoms with E-state index in [1.807, 2.05) is 61.5 Å². The molecule has 0 spiro atoms. The fourth-order valence-corrected chi connectivity index (χ4v) is 17.7. The minimum absolute atomic E-state index is 0. The smallest absolute Gasteiger partial charge is 0.410 e. The van der Waals surface area contributed by atoms with Crippen molar-refractivity contribution in [3.05, 3.63) is 198 Å². The number of anilines is 1. The lowest BCUT2D eigenvalue weighted by molar-refractivity contribution is -0.135. The Morgan fingerprint density at radius 2 is 0.993 bits per heavy atom. The fourth-order valence-electron chi connectivity index (χ4n) is 13.4. The van der Waals surface area contributed by atoms with Crippen LogP contribution in [0.1, 0.15) is 132 Å². The molecule has 2 unspecified atom stereocenters. The second-order valence-corrected chi connectivity index (χ2v) is 45.8. The number of fused-ring (bicyclic) bond motifs is 1. The number of pyridine rings is 4. The van der Waals surface area contributed by atoms with Crippen LogP contribution in [0.25, 0.3) is 33.2 Å². The number of aromatic nitrogens is 10. The lowest BCUT2D eigenvalue weighted by Gasteiger charge is -2.30. The van der Waals surface area contributed by atoms with Crippen molar-refractivity contribution in [1.82, 2.24) is 69.7 Å². The molecule has 4 aliphatic rings. The van der Waals surface area contributed by atoms with Crippen molar-refractivity contribution in [2.75, 3.05) is 38.0 Å². The van der Waals surface area contributed by atoms with Gasteiger partial charge in [-0.3, -0.25) is 39.1 Å². The van der Waals surface area contributed by atoms with Crippen molar-refractivity contribution in [3.8, 4) is 22.3 Å². The Bertz CT molecular complexity index is 5780. The van der Waals surface area contributed by atoms with Gasteiger partial charge in [-0.25, -0.2) is 67.0 Å². The number of amides is 3. The van der Waals surface area contributed by atoms with E-state index in [1.165, 1.54) is 72.7 Å². The van der Waals surface area contributed by atoms with Crippen LogP contribution >= 0.6 is 77.2 Å². The summed E-state index contributed by atoms with van der Waals surface area (Å²) >= 11 is 46.2. The molecule has 2 aromatic carbocycles. The average Bonchev–Trinajstić information content (AvgIpc) is 1.62. The number of likely N-dealkylation sites (tertiary alicyclic amines) is 3. The molecule has 0 aliphatic carbocycles. The predicted molar refractivity (Wildman–Crippen MR) is 581 cm³/mol. The van der Waals surface area contributed by atoms with Crippen LogP contribution in [-0.4, -0.2) is 243 Å². The van der Waals surface area contributed by atoms with Crippen LogP contribution < -0.4 is 10.6 Å². The van der Waals surface area contributed by atoms with Gasteiger partial charge in [-0.15, -0.1) is 0 Å². The highest BCUT2D eigenvalue weighted by atomic mass is 79.9. The van der Waals surface area contributed by atoms with Gasteiger partial charge in [-0.2, -0.15) is 18.6 Å². The zero-order valence-electron chi connectivity index (χ0n) is 75.8. The zero-order valence-corrected chi connectivity index (χ0v) is 94.6. The van der Waals surface area contributed by atoms with E-state index in [4.69, 9.17) is 20.0 Å². The van der Waals surface area contributed by atoms with E-state index in [0.717, 1.165) is 56.6 Å². The Hall–Kier alpha value is -6.46. The summed E-state index contributed by atoms with van der Waals surface area (Å²) in [4.78, 5) is 120. The quantitative estimate of drug-likeness (QED) is 0.0122. The summed E-state index contributed by atoms with van der Waals surface area (Å²) < 4.78 is 69.0. The minimum Gasteiger partial charge on any atom is -0.480 e. The number of aldehydes is 1. The maximum absolute atomic E-state index is 14.5. The third-order valence-electron chi connectivity index (χ3n) is 19.3. The second-order valence-electron chi connectivity index (χ2n) is 31.9. The normalized spacial score (nSPS) is 17.5. The van der Waals surface area contributed by atoms with Crippen LogP contribution in [-0.2, 0) is 197 Å². The Morgan fingerprint density at radius 3 is 1.38 bits per heavy atom. The molecule has 9 aromatic rings. The molecule has 138 heavy (non-hydrogen) atoms. The number of Topliss-reactive ketones (excluding diaryl/α,β-unsaturated/α-hetero) is 2. The van der Waals surface area contributed by atoms with Crippen molar-refractivity contribution < 1.29 is 81.0 Å². The van der Waals surface area contributed by atoms with Gasteiger partial charge in [0.25, 0.3) is 0 Å². The molecule has 7 N–H and O–H groups in total. The van der Waals surface area contributed by atoms with Gasteiger partial charge in [0.15, 0.2) is 11.6 Å². The third-order valence-corrected chi connectivity index (χ3v) is 27.7. The van der Waals surface area contributed by atoms with Crippen molar-refractivity contribution >= 4 is 284 Å². The molecular weight excluding hydrogens is 2340 g/mol. The largest absolute Gasteiger partial charge is 0.480 e. The van der Waals surface area contributed by atoms with Gasteiger partial charge in [0.1, 0.15) is 96.7 Å². The molecule has 4 aliphatic heterocycles. The number of benzene rings is 2. The van der Waals surface area contributed by atoms with Crippen molar-refractivity contribution in [2.24, 2.45) is 0 Å². The lowest BCUT2D eigenvalue weighted by atomic mass is 9.99. The van der Waals surface area contributed by atoms with Crippen molar-refractivity contribution in [2.45, 2.75) is 206 Å². The number of rotatable bonds is 20. The number of halogens is 8. The number of carbonyl (C=O) groups is 7. The first-order valence-corrected chi connectivity index (χ1v) is 57.5. The number of aliphatic hydroxyl groups is 3. The molecule has 750 valence electrons. The molecule has 52 heteroatoms. The molecule has 3 amide bonds. The Kier molecular flexibility index (Phi) is 59.2. The first kappa shape index (κ1) is 126. The molecule has 13 rings (SSSR count). The number of nitrogens with one attached hydrogen (secondary N) is 3. The summed E-state index contributed by atoms with van der Waals surface area (Å²) in [7, 11) is 7.21. The number of carboxylic acids is 1. The maximum atomic E-state index is 14.5. The molecular formula is C86H102Br4F4N16O13S15. The lowest BCUT2D eigenvalue weighted by Crippen LogP contribution is -2.45. The van der Waals surface area contributed by atoms with E-state index in [0.29, 0.717) is 80.1 Å². The van der Waals surface area contributed by atoms with E-state index < -0.39 is 96.3 Å². The number of hydrogen-bond donors (Lipinski definition) is 7. The van der Waals surface area contributed by atoms with Crippen LogP contribution in [0.5, 0.6) is 0 Å². The highest BCUT2D eigenvalue weighted by Crippen LogP contribution is 2.33. The summed E-state index contributed by atoms with van der Waals surface area (Å²) in [5.41, 5.74) is 6.40. The number of ketones is 2. The van der Waals surface area contributed by atoms with E-state index in [1.54, 1.807) is 135 Å². The number of nitrogens with zero attached hydrogens (tertiary/aromatic N) is 13. The molecule has 7 aromatic heterocycles. The SMILES string of the molecule is CC(=O)C(=N)c1cc(-c2cnc(C)nc2)ccc1NCC(=O)O.CC(=O)c1nn(CC(=O)N2C[C@H](F)C[C@H]2C(O)Cc2cccc(Br)n2)c2ccc(-c3cnc(C)nc3)cc12.CC(C)(C)OC(=O)N1C[C@H](F)C[C@H]1C=O.CC(C)(C)OC(=O)N1C[C@H](F)C[C@H]1[C@H](O)Cc1cccc(Br)n1.Cc1cccc(Br)n1.OC(Cc1cccc(Br)n1)[C@@H]1C[C@@H](F)CN1.S.S=S.S=S=S.S=S=S=S.S=S=S=S=S. The van der Waals surface area contributed by atoms with Gasteiger partial charge >= 0.3 is 18.2 Å². The van der Waals surface area contributed by atoms with E-state index in [-0.39, 0.29) is 107 Å². The van der Waals surface area contributed by atoms with E-state index >= 15 is 0 Å². The maximum Gasteiger partial charge on any atom is 0.410 e.